The number of aliphatic hydroxyl groups excluding tert-OH is 1. The summed E-state index contributed by atoms with van der Waals surface area (Å²) in [5, 5.41) is 12.7. The van der Waals surface area contributed by atoms with Crippen molar-refractivity contribution < 1.29 is 37.9 Å². The van der Waals surface area contributed by atoms with Crippen LogP contribution in [0.15, 0.2) is 85.1 Å². The van der Waals surface area contributed by atoms with E-state index in [0.717, 1.165) is 70.6 Å². The molecule has 0 heterocycles. The van der Waals surface area contributed by atoms with Crippen molar-refractivity contribution in [3.8, 4) is 0 Å². The van der Waals surface area contributed by atoms with Crippen molar-refractivity contribution >= 4 is 19.7 Å². The van der Waals surface area contributed by atoms with E-state index in [1.165, 1.54) is 116 Å². The molecule has 0 saturated carbocycles. The lowest BCUT2D eigenvalue weighted by Gasteiger charge is -2.15. The van der Waals surface area contributed by atoms with Crippen LogP contribution in [0.4, 0.5) is 0 Å². The van der Waals surface area contributed by atoms with Gasteiger partial charge >= 0.3 is 13.8 Å². The Morgan fingerprint density at radius 2 is 0.877 bits per heavy atom. The van der Waals surface area contributed by atoms with Gasteiger partial charge in [0.15, 0.2) is 0 Å². The number of allylic oxidation sites excluding steroid dienone is 14. The minimum atomic E-state index is -4.44. The highest BCUT2D eigenvalue weighted by Gasteiger charge is 2.23. The van der Waals surface area contributed by atoms with Crippen molar-refractivity contribution in [1.82, 2.24) is 5.32 Å². The van der Waals surface area contributed by atoms with E-state index in [0.29, 0.717) is 12.8 Å². The number of ether oxygens (including phenoxy) is 1. The summed E-state index contributed by atoms with van der Waals surface area (Å²) in [5.41, 5.74) is 0. The van der Waals surface area contributed by atoms with Crippen LogP contribution in [0.2, 0.25) is 0 Å². The Kier molecular flexibility index (Phi) is 48.4. The quantitative estimate of drug-likeness (QED) is 0.0238. The SMILES string of the molecule is CC/C=C\C/C=C\C/C=C\C/C=C\C/C=C\C/C=C\C/C=C\CCCC(=O)NCCOP(=O)(O)OCC(O)COC(=O)CCCCCCCCCCCCCCCCCCCCCCC. The highest BCUT2D eigenvalue weighted by molar-refractivity contribution is 7.47. The molecule has 0 aliphatic carbocycles. The molecule has 374 valence electrons. The first-order valence-electron chi connectivity index (χ1n) is 26.1. The first-order valence-corrected chi connectivity index (χ1v) is 27.6. The van der Waals surface area contributed by atoms with Gasteiger partial charge in [0.1, 0.15) is 12.7 Å². The van der Waals surface area contributed by atoms with Crippen molar-refractivity contribution in [2.24, 2.45) is 0 Å². The summed E-state index contributed by atoms with van der Waals surface area (Å²) in [5.74, 6) is -0.576. The highest BCUT2D eigenvalue weighted by atomic mass is 31.2. The lowest BCUT2D eigenvalue weighted by molar-refractivity contribution is -0.147. The molecule has 0 aliphatic rings. The highest BCUT2D eigenvalue weighted by Crippen LogP contribution is 2.42. The van der Waals surface area contributed by atoms with Gasteiger partial charge in [-0.2, -0.15) is 0 Å². The number of esters is 1. The average Bonchev–Trinajstić information content (AvgIpc) is 3.29. The third kappa shape index (κ3) is 52.0. The molecule has 65 heavy (non-hydrogen) atoms. The Hall–Kier alpha value is -2.81. The molecule has 3 N–H and O–H groups in total. The van der Waals surface area contributed by atoms with Crippen molar-refractivity contribution in [2.45, 2.75) is 225 Å². The molecule has 0 aromatic rings. The predicted molar refractivity (Wildman–Crippen MR) is 275 cm³/mol. The number of hydrogen-bond acceptors (Lipinski definition) is 7. The van der Waals surface area contributed by atoms with Crippen LogP contribution in [0.1, 0.15) is 219 Å². The number of aliphatic hydroxyl groups is 1. The normalized spacial score (nSPS) is 13.8. The molecule has 0 aromatic heterocycles. The minimum absolute atomic E-state index is 0.0466. The molecule has 0 aromatic carbocycles. The molecule has 0 saturated heterocycles. The van der Waals surface area contributed by atoms with Gasteiger partial charge in [-0.15, -0.1) is 0 Å². The summed E-state index contributed by atoms with van der Waals surface area (Å²) >= 11 is 0. The minimum Gasteiger partial charge on any atom is -0.463 e. The van der Waals surface area contributed by atoms with Crippen LogP contribution in [0.3, 0.4) is 0 Å². The van der Waals surface area contributed by atoms with Crippen LogP contribution in [0.25, 0.3) is 0 Å². The second kappa shape index (κ2) is 50.6. The molecule has 10 heteroatoms. The average molecular weight is 930 g/mol. The van der Waals surface area contributed by atoms with Crippen LogP contribution >= 0.6 is 7.82 Å². The fraction of sp³-hybridized carbons (Fsp3) is 0.709. The second-order valence-electron chi connectivity index (χ2n) is 17.1. The molecular formula is C55H96NO8P. The van der Waals surface area contributed by atoms with Gasteiger partial charge in [-0.05, 0) is 64.2 Å². The molecule has 2 unspecified atom stereocenters. The molecule has 2 atom stereocenters. The lowest BCUT2D eigenvalue weighted by atomic mass is 10.0. The first kappa shape index (κ1) is 62.2. The number of nitrogens with one attached hydrogen (secondary N) is 1. The number of amides is 1. The maximum absolute atomic E-state index is 12.2. The van der Waals surface area contributed by atoms with E-state index in [1.54, 1.807) is 0 Å². The fourth-order valence-electron chi connectivity index (χ4n) is 6.96. The Morgan fingerprint density at radius 1 is 0.492 bits per heavy atom. The molecule has 0 radical (unpaired) electrons. The zero-order valence-electron chi connectivity index (χ0n) is 41.4. The largest absolute Gasteiger partial charge is 0.472 e. The number of phosphoric ester groups is 1. The lowest BCUT2D eigenvalue weighted by Crippen LogP contribution is -2.27. The summed E-state index contributed by atoms with van der Waals surface area (Å²) in [6, 6.07) is 0. The first-order chi connectivity index (χ1) is 31.8. The molecule has 0 fully saturated rings. The monoisotopic (exact) mass is 930 g/mol. The molecule has 0 spiro atoms. The van der Waals surface area contributed by atoms with Crippen molar-refractivity contribution in [3.05, 3.63) is 85.1 Å². The van der Waals surface area contributed by atoms with Crippen molar-refractivity contribution in [3.63, 3.8) is 0 Å². The summed E-state index contributed by atoms with van der Waals surface area (Å²) in [6.45, 7) is 3.39. The van der Waals surface area contributed by atoms with Gasteiger partial charge in [0.05, 0.1) is 13.2 Å². The van der Waals surface area contributed by atoms with E-state index in [2.05, 4.69) is 104 Å². The van der Waals surface area contributed by atoms with Gasteiger partial charge in [-0.1, -0.05) is 227 Å². The van der Waals surface area contributed by atoms with Crippen LogP contribution < -0.4 is 5.32 Å². The Labute approximate surface area is 398 Å². The van der Waals surface area contributed by atoms with E-state index in [9.17, 15) is 24.2 Å². The van der Waals surface area contributed by atoms with E-state index in [1.807, 2.05) is 0 Å². The molecule has 1 amide bonds. The standard InChI is InChI=1S/C55H96NO8P/c1-3-5-7-9-11-13-15-17-19-21-23-25-26-28-29-31-33-35-37-39-41-43-45-47-54(58)56-49-50-63-65(60,61)64-52-53(57)51-62-55(59)48-46-44-42-40-38-36-34-32-30-27-24-22-20-18-16-14-12-10-8-6-4-2/h5,7,11,13,17,19,23,25,28-29,33,35,39,41,53,57H,3-4,6,8-10,12,14-16,18,20-22,24,26-27,30-32,34,36-38,40,42-52H2,1-2H3,(H,56,58)(H,60,61)/b7-5-,13-11-,19-17-,25-23-,29-28-,35-33-,41-39-. The zero-order chi connectivity index (χ0) is 47.4. The summed E-state index contributed by atoms with van der Waals surface area (Å²) in [4.78, 5) is 34.1. The Bertz CT molecular complexity index is 1340. The van der Waals surface area contributed by atoms with Gasteiger partial charge in [-0.25, -0.2) is 4.57 Å². The van der Waals surface area contributed by atoms with Crippen LogP contribution in [0.5, 0.6) is 0 Å². The van der Waals surface area contributed by atoms with E-state index in [4.69, 9.17) is 13.8 Å². The smallest absolute Gasteiger partial charge is 0.463 e. The van der Waals surface area contributed by atoms with E-state index < -0.39 is 26.5 Å². The number of carbonyl (C=O) groups is 2. The third-order valence-electron chi connectivity index (χ3n) is 10.8. The number of carbonyl (C=O) groups excluding carboxylic acids is 2. The molecule has 0 aliphatic heterocycles. The van der Waals surface area contributed by atoms with Gasteiger partial charge in [0.25, 0.3) is 0 Å². The zero-order valence-corrected chi connectivity index (χ0v) is 42.3. The molecular weight excluding hydrogens is 834 g/mol. The summed E-state index contributed by atoms with van der Waals surface area (Å²) < 4.78 is 27.0. The van der Waals surface area contributed by atoms with Crippen molar-refractivity contribution in [1.29, 1.82) is 0 Å². The van der Waals surface area contributed by atoms with Gasteiger partial charge < -0.3 is 20.1 Å². The topological polar surface area (TPSA) is 131 Å². The third-order valence-corrected chi connectivity index (χ3v) is 11.8. The number of phosphoric acid groups is 1. The number of hydrogen-bond donors (Lipinski definition) is 3. The maximum Gasteiger partial charge on any atom is 0.472 e. The number of unbranched alkanes of at least 4 members (excludes halogenated alkanes) is 21. The Morgan fingerprint density at radius 3 is 1.29 bits per heavy atom. The Balaban J connectivity index is 3.65. The van der Waals surface area contributed by atoms with E-state index in [-0.39, 0.29) is 32.1 Å². The number of rotatable bonds is 48. The molecule has 0 bridgehead atoms. The van der Waals surface area contributed by atoms with Gasteiger partial charge in [-0.3, -0.25) is 18.6 Å². The van der Waals surface area contributed by atoms with E-state index >= 15 is 0 Å². The van der Waals surface area contributed by atoms with Crippen LogP contribution in [0, 0.1) is 0 Å². The summed E-state index contributed by atoms with van der Waals surface area (Å²) in [6.07, 6.45) is 65.3. The van der Waals surface area contributed by atoms with Crippen LogP contribution in [-0.2, 0) is 27.9 Å². The maximum atomic E-state index is 12.2. The summed E-state index contributed by atoms with van der Waals surface area (Å²) in [7, 11) is -4.44. The van der Waals surface area contributed by atoms with Gasteiger partial charge in [0.2, 0.25) is 5.91 Å². The molecule has 9 nitrogen and oxygen atoms in total. The van der Waals surface area contributed by atoms with Gasteiger partial charge in [0, 0.05) is 19.4 Å². The van der Waals surface area contributed by atoms with Crippen LogP contribution in [-0.4, -0.2) is 54.3 Å². The fourth-order valence-corrected chi connectivity index (χ4v) is 7.72. The molecule has 0 rings (SSSR count). The predicted octanol–water partition coefficient (Wildman–Crippen LogP) is 15.6. The van der Waals surface area contributed by atoms with Crippen molar-refractivity contribution in [2.75, 3.05) is 26.4 Å². The second-order valence-corrected chi connectivity index (χ2v) is 18.6.